The molecule has 7 nitrogen and oxygen atoms in total. The van der Waals surface area contributed by atoms with Crippen LogP contribution in [0.15, 0.2) is 54.6 Å². The Hall–Kier alpha value is -3.36. The van der Waals surface area contributed by atoms with Crippen molar-refractivity contribution in [3.8, 4) is 11.5 Å². The van der Waals surface area contributed by atoms with E-state index in [0.29, 0.717) is 25.3 Å². The van der Waals surface area contributed by atoms with Gasteiger partial charge >= 0.3 is 0 Å². The minimum Gasteiger partial charge on any atom is -0.486 e. The van der Waals surface area contributed by atoms with Crippen molar-refractivity contribution in [1.29, 1.82) is 0 Å². The highest BCUT2D eigenvalue weighted by Crippen LogP contribution is 2.36. The molecule has 0 aromatic heterocycles. The zero-order valence-corrected chi connectivity index (χ0v) is 20.7. The third kappa shape index (κ3) is 4.95. The number of carbonyl (C=O) groups is 1. The van der Waals surface area contributed by atoms with Crippen molar-refractivity contribution < 1.29 is 23.8 Å². The number of nitrogens with zero attached hydrogens (tertiary/aromatic N) is 2. The van der Waals surface area contributed by atoms with Crippen molar-refractivity contribution in [3.05, 3.63) is 66.0 Å². The molecule has 1 amide bonds. The molecule has 194 valence electrons. The average molecular weight is 506 g/mol. The number of ether oxygens (including phenoxy) is 2. The van der Waals surface area contributed by atoms with E-state index in [-0.39, 0.29) is 29.9 Å². The fourth-order valence-electron chi connectivity index (χ4n) is 5.48. The van der Waals surface area contributed by atoms with Crippen molar-refractivity contribution in [1.82, 2.24) is 10.2 Å². The molecule has 3 atom stereocenters. The van der Waals surface area contributed by atoms with Gasteiger partial charge in [0, 0.05) is 25.3 Å². The maximum absolute atomic E-state index is 14.7. The zero-order valence-electron chi connectivity index (χ0n) is 20.7. The van der Waals surface area contributed by atoms with Gasteiger partial charge in [0.2, 0.25) is 5.91 Å². The van der Waals surface area contributed by atoms with Gasteiger partial charge in [0.1, 0.15) is 19.3 Å². The molecular formula is C29H32FN3O4. The van der Waals surface area contributed by atoms with E-state index in [0.717, 1.165) is 38.2 Å². The van der Waals surface area contributed by atoms with Crippen molar-refractivity contribution in [2.24, 2.45) is 5.92 Å². The smallest absolute Gasteiger partial charge is 0.225 e. The van der Waals surface area contributed by atoms with E-state index in [9.17, 15) is 14.3 Å². The Morgan fingerprint density at radius 1 is 1.05 bits per heavy atom. The lowest BCUT2D eigenvalue weighted by molar-refractivity contribution is -0.126. The molecule has 3 heterocycles. The van der Waals surface area contributed by atoms with Gasteiger partial charge in [-0.3, -0.25) is 4.79 Å². The first-order chi connectivity index (χ1) is 18.0. The van der Waals surface area contributed by atoms with E-state index in [1.807, 2.05) is 12.1 Å². The van der Waals surface area contributed by atoms with Crippen LogP contribution < -0.4 is 19.7 Å². The number of carbonyl (C=O) groups excluding carboxylic acids is 1. The van der Waals surface area contributed by atoms with Crippen LogP contribution in [0.5, 0.6) is 11.5 Å². The quantitative estimate of drug-likeness (QED) is 0.512. The number of fused-ring (bicyclic) bond motifs is 2. The van der Waals surface area contributed by atoms with Crippen molar-refractivity contribution in [2.45, 2.75) is 25.0 Å². The summed E-state index contributed by atoms with van der Waals surface area (Å²) in [5.41, 5.74) is 1.48. The number of halogens is 1. The number of hydrogen-bond acceptors (Lipinski definition) is 6. The van der Waals surface area contributed by atoms with Crippen LogP contribution in [0.3, 0.4) is 0 Å². The summed E-state index contributed by atoms with van der Waals surface area (Å²) in [6.45, 7) is 4.39. The summed E-state index contributed by atoms with van der Waals surface area (Å²) < 4.78 is 25.6. The van der Waals surface area contributed by atoms with Gasteiger partial charge in [-0.05, 0) is 66.5 Å². The Bertz CT molecular complexity index is 1300. The molecule has 3 unspecified atom stereocenters. The second-order valence-electron chi connectivity index (χ2n) is 10.2. The van der Waals surface area contributed by atoms with Crippen molar-refractivity contribution in [3.63, 3.8) is 0 Å². The number of amides is 1. The number of likely N-dealkylation sites (tertiary alicyclic amines) is 1. The number of nitrogens with one attached hydrogen (secondary N) is 1. The molecule has 3 aliphatic heterocycles. The van der Waals surface area contributed by atoms with E-state index >= 15 is 0 Å². The third-order valence-corrected chi connectivity index (χ3v) is 7.73. The lowest BCUT2D eigenvalue weighted by Gasteiger charge is -2.36. The lowest BCUT2D eigenvalue weighted by atomic mass is 9.98. The summed E-state index contributed by atoms with van der Waals surface area (Å²) in [6, 6.07) is 17.0. The predicted octanol–water partition coefficient (Wildman–Crippen LogP) is 3.50. The first-order valence-corrected chi connectivity index (χ1v) is 13.1. The van der Waals surface area contributed by atoms with E-state index in [1.165, 1.54) is 16.8 Å². The van der Waals surface area contributed by atoms with Crippen LogP contribution in [0.1, 0.15) is 24.5 Å². The van der Waals surface area contributed by atoms with Gasteiger partial charge in [0.25, 0.3) is 0 Å². The summed E-state index contributed by atoms with van der Waals surface area (Å²) in [6.07, 6.45) is 0.760. The van der Waals surface area contributed by atoms with Gasteiger partial charge in [0.05, 0.1) is 12.0 Å². The molecule has 0 radical (unpaired) electrons. The highest BCUT2D eigenvalue weighted by Gasteiger charge is 2.34. The molecule has 3 aromatic carbocycles. The molecule has 2 N–H and O–H groups in total. The molecule has 2 fully saturated rings. The van der Waals surface area contributed by atoms with Gasteiger partial charge in [-0.25, -0.2) is 4.39 Å². The van der Waals surface area contributed by atoms with Gasteiger partial charge in [0.15, 0.2) is 17.3 Å². The molecule has 37 heavy (non-hydrogen) atoms. The van der Waals surface area contributed by atoms with E-state index in [4.69, 9.17) is 9.47 Å². The summed E-state index contributed by atoms with van der Waals surface area (Å²) in [5.74, 6) is -0.469. The van der Waals surface area contributed by atoms with E-state index in [2.05, 4.69) is 45.4 Å². The van der Waals surface area contributed by atoms with Crippen LogP contribution in [0.4, 0.5) is 10.1 Å². The molecule has 3 aromatic rings. The van der Waals surface area contributed by atoms with Crippen molar-refractivity contribution >= 4 is 22.4 Å². The van der Waals surface area contributed by atoms with Crippen LogP contribution in [0, 0.1) is 11.7 Å². The number of anilines is 1. The van der Waals surface area contributed by atoms with Crippen LogP contribution in [0.25, 0.3) is 10.8 Å². The fourth-order valence-corrected chi connectivity index (χ4v) is 5.48. The number of aliphatic hydroxyl groups is 1. The molecule has 0 spiro atoms. The monoisotopic (exact) mass is 505 g/mol. The largest absolute Gasteiger partial charge is 0.486 e. The first-order valence-electron chi connectivity index (χ1n) is 13.1. The van der Waals surface area contributed by atoms with Gasteiger partial charge in [-0.15, -0.1) is 0 Å². The Kier molecular flexibility index (Phi) is 6.61. The summed E-state index contributed by atoms with van der Waals surface area (Å²) >= 11 is 0. The Balaban J connectivity index is 1.16. The number of benzene rings is 3. The highest BCUT2D eigenvalue weighted by molar-refractivity contribution is 5.86. The minimum absolute atomic E-state index is 0.0743. The average Bonchev–Trinajstić information content (AvgIpc) is 3.40. The SMILES string of the molecule is O=C(NC(CN1CCC1)C(O)c1cc(F)c2c(c1)OCCO2)C1CCN(c2ccc3ccccc3c2)C1. The normalized spacial score (nSPS) is 20.9. The molecule has 3 aliphatic rings. The van der Waals surface area contributed by atoms with Crippen molar-refractivity contribution in [2.75, 3.05) is 50.8 Å². The zero-order chi connectivity index (χ0) is 25.4. The minimum atomic E-state index is -1.08. The number of hydrogen-bond donors (Lipinski definition) is 2. The Morgan fingerprint density at radius 2 is 1.86 bits per heavy atom. The van der Waals surface area contributed by atoms with Gasteiger partial charge in [-0.1, -0.05) is 30.3 Å². The van der Waals surface area contributed by atoms with Crippen LogP contribution >= 0.6 is 0 Å². The van der Waals surface area contributed by atoms with Crippen LogP contribution in [-0.2, 0) is 4.79 Å². The number of aliphatic hydroxyl groups excluding tert-OH is 1. The summed E-state index contributed by atoms with van der Waals surface area (Å²) in [4.78, 5) is 17.8. The third-order valence-electron chi connectivity index (χ3n) is 7.73. The Morgan fingerprint density at radius 3 is 2.68 bits per heavy atom. The summed E-state index contributed by atoms with van der Waals surface area (Å²) in [7, 11) is 0. The van der Waals surface area contributed by atoms with Crippen LogP contribution in [0.2, 0.25) is 0 Å². The standard InChI is InChI=1S/C29H32FN3O4/c30-24-15-22(16-26-28(24)37-13-12-36-26)27(34)25(18-32-9-3-10-32)31-29(35)21-8-11-33(17-21)23-7-6-19-4-1-2-5-20(19)14-23/h1-2,4-7,14-16,21,25,27,34H,3,8-13,17-18H2,(H,31,35). The molecule has 8 heteroatoms. The fraction of sp³-hybridized carbons (Fsp3) is 0.414. The Labute approximate surface area is 215 Å². The topological polar surface area (TPSA) is 74.3 Å². The molecule has 0 bridgehead atoms. The lowest BCUT2D eigenvalue weighted by Crippen LogP contribution is -2.52. The molecule has 6 rings (SSSR count). The second kappa shape index (κ2) is 10.2. The van der Waals surface area contributed by atoms with E-state index < -0.39 is 18.0 Å². The van der Waals surface area contributed by atoms with Crippen LogP contribution in [-0.4, -0.2) is 67.9 Å². The predicted molar refractivity (Wildman–Crippen MR) is 140 cm³/mol. The van der Waals surface area contributed by atoms with Gasteiger partial charge in [-0.2, -0.15) is 0 Å². The second-order valence-corrected chi connectivity index (χ2v) is 10.2. The maximum atomic E-state index is 14.7. The van der Waals surface area contributed by atoms with E-state index in [1.54, 1.807) is 6.07 Å². The number of rotatable bonds is 7. The van der Waals surface area contributed by atoms with Gasteiger partial charge < -0.3 is 29.7 Å². The molecular weight excluding hydrogens is 473 g/mol. The first kappa shape index (κ1) is 24.0. The molecule has 0 aliphatic carbocycles. The summed E-state index contributed by atoms with van der Waals surface area (Å²) in [5, 5.41) is 16.8. The molecule has 0 saturated carbocycles. The maximum Gasteiger partial charge on any atom is 0.225 e. The highest BCUT2D eigenvalue weighted by atomic mass is 19.1. The molecule has 2 saturated heterocycles.